The molecule has 30 heavy (non-hydrogen) atoms. The van der Waals surface area contributed by atoms with Gasteiger partial charge >= 0.3 is 0 Å². The Kier molecular flexibility index (Phi) is 4.84. The van der Waals surface area contributed by atoms with Gasteiger partial charge in [-0.15, -0.1) is 0 Å². The molecular formula is C26H23ClN2O. The second-order valence-electron chi connectivity index (χ2n) is 8.13. The summed E-state index contributed by atoms with van der Waals surface area (Å²) >= 11 is 6.07. The number of hydrogen-bond donors (Lipinski definition) is 2. The molecule has 2 atom stereocenters. The molecule has 0 fully saturated rings. The van der Waals surface area contributed by atoms with Gasteiger partial charge in [0.15, 0.2) is 5.78 Å². The van der Waals surface area contributed by atoms with Crippen LogP contribution in [-0.2, 0) is 4.79 Å². The van der Waals surface area contributed by atoms with Crippen molar-refractivity contribution in [1.29, 1.82) is 0 Å². The van der Waals surface area contributed by atoms with Gasteiger partial charge < -0.3 is 10.6 Å². The lowest BCUT2D eigenvalue weighted by Gasteiger charge is -2.30. The summed E-state index contributed by atoms with van der Waals surface area (Å²) in [7, 11) is 0. The zero-order valence-corrected chi connectivity index (χ0v) is 17.5. The van der Waals surface area contributed by atoms with Crippen LogP contribution in [0, 0.1) is 6.92 Å². The Balaban J connectivity index is 1.61. The van der Waals surface area contributed by atoms with Crippen LogP contribution in [-0.4, -0.2) is 5.78 Å². The van der Waals surface area contributed by atoms with Gasteiger partial charge in [0, 0.05) is 22.7 Å². The minimum absolute atomic E-state index is 0.143. The molecule has 3 aromatic rings. The molecule has 150 valence electrons. The lowest BCUT2D eigenvalue weighted by molar-refractivity contribution is -0.116. The van der Waals surface area contributed by atoms with E-state index < -0.39 is 0 Å². The third-order valence-electron chi connectivity index (χ3n) is 6.03. The Bertz CT molecular complexity index is 1150. The van der Waals surface area contributed by atoms with Crippen LogP contribution >= 0.6 is 11.6 Å². The maximum atomic E-state index is 13.5. The Labute approximate surface area is 181 Å². The molecular weight excluding hydrogens is 392 g/mol. The number of Topliss-reactive ketones (excluding diaryl/α,β-unsaturated/α-hetero) is 1. The van der Waals surface area contributed by atoms with Crippen LogP contribution in [0.5, 0.6) is 0 Å². The fourth-order valence-electron chi connectivity index (χ4n) is 4.56. The summed E-state index contributed by atoms with van der Waals surface area (Å²) in [6.07, 6.45) is 1.30. The van der Waals surface area contributed by atoms with E-state index in [1.54, 1.807) is 0 Å². The second-order valence-corrected chi connectivity index (χ2v) is 8.57. The largest absolute Gasteiger partial charge is 0.372 e. The molecule has 1 aliphatic carbocycles. The number of allylic oxidation sites excluding steroid dienone is 1. The molecule has 0 spiro atoms. The number of aryl methyl sites for hydroxylation is 1. The van der Waals surface area contributed by atoms with E-state index in [1.165, 1.54) is 5.56 Å². The quantitative estimate of drug-likeness (QED) is 0.494. The molecule has 0 saturated heterocycles. The van der Waals surface area contributed by atoms with Crippen molar-refractivity contribution in [2.75, 3.05) is 10.6 Å². The van der Waals surface area contributed by atoms with E-state index in [2.05, 4.69) is 54.0 Å². The van der Waals surface area contributed by atoms with Crippen molar-refractivity contribution in [2.24, 2.45) is 0 Å². The summed E-state index contributed by atoms with van der Waals surface area (Å²) in [6, 6.07) is 24.3. The number of benzene rings is 3. The van der Waals surface area contributed by atoms with Crippen molar-refractivity contribution in [3.8, 4) is 0 Å². The van der Waals surface area contributed by atoms with Crippen molar-refractivity contribution in [3.05, 3.63) is 106 Å². The molecule has 1 aliphatic heterocycles. The van der Waals surface area contributed by atoms with E-state index in [1.807, 2.05) is 36.4 Å². The lowest BCUT2D eigenvalue weighted by atomic mass is 9.78. The summed E-state index contributed by atoms with van der Waals surface area (Å²) in [5, 5.41) is 7.94. The number of anilines is 2. The first kappa shape index (κ1) is 19.0. The first-order chi connectivity index (χ1) is 14.6. The van der Waals surface area contributed by atoms with Gasteiger partial charge in [0.2, 0.25) is 0 Å². The Hall–Kier alpha value is -3.04. The Morgan fingerprint density at radius 2 is 1.63 bits per heavy atom. The molecule has 2 unspecified atom stereocenters. The van der Waals surface area contributed by atoms with Gasteiger partial charge in [-0.3, -0.25) is 4.79 Å². The van der Waals surface area contributed by atoms with Gasteiger partial charge in [-0.2, -0.15) is 0 Å². The van der Waals surface area contributed by atoms with Crippen LogP contribution in [0.1, 0.15) is 41.5 Å². The average Bonchev–Trinajstić information content (AvgIpc) is 2.91. The van der Waals surface area contributed by atoms with Gasteiger partial charge in [-0.1, -0.05) is 65.7 Å². The highest BCUT2D eigenvalue weighted by Crippen LogP contribution is 2.44. The van der Waals surface area contributed by atoms with Gasteiger partial charge in [-0.25, -0.2) is 0 Å². The van der Waals surface area contributed by atoms with E-state index in [0.29, 0.717) is 11.4 Å². The van der Waals surface area contributed by atoms with Crippen molar-refractivity contribution < 1.29 is 4.79 Å². The first-order valence-corrected chi connectivity index (χ1v) is 10.7. The monoisotopic (exact) mass is 414 g/mol. The normalized spacial score (nSPS) is 20.5. The van der Waals surface area contributed by atoms with Crippen LogP contribution in [0.2, 0.25) is 5.02 Å². The fraction of sp³-hybridized carbons (Fsp3) is 0.192. The van der Waals surface area contributed by atoms with Crippen molar-refractivity contribution in [1.82, 2.24) is 0 Å². The van der Waals surface area contributed by atoms with Crippen LogP contribution in [0.4, 0.5) is 11.4 Å². The number of rotatable bonds is 2. The summed E-state index contributed by atoms with van der Waals surface area (Å²) in [5.41, 5.74) is 7.32. The number of fused-ring (bicyclic) bond motifs is 1. The third kappa shape index (κ3) is 3.50. The van der Waals surface area contributed by atoms with Crippen LogP contribution < -0.4 is 10.6 Å². The highest BCUT2D eigenvalue weighted by atomic mass is 35.5. The van der Waals surface area contributed by atoms with Crippen LogP contribution in [0.3, 0.4) is 0 Å². The molecule has 0 saturated carbocycles. The number of carbonyl (C=O) groups is 1. The summed E-state index contributed by atoms with van der Waals surface area (Å²) in [5.74, 6) is 0.333. The summed E-state index contributed by atoms with van der Waals surface area (Å²) in [4.78, 5) is 13.5. The molecule has 0 bridgehead atoms. The van der Waals surface area contributed by atoms with Gasteiger partial charge in [0.25, 0.3) is 0 Å². The van der Waals surface area contributed by atoms with Crippen molar-refractivity contribution in [2.45, 2.75) is 31.7 Å². The molecule has 2 aliphatic rings. The van der Waals surface area contributed by atoms with Crippen molar-refractivity contribution >= 4 is 28.8 Å². The molecule has 0 radical (unpaired) electrons. The average molecular weight is 415 g/mol. The standard InChI is InChI=1S/C26H23ClN2O/c1-16-5-4-6-18(13-16)26-25-23(28-21-7-2-3-8-22(21)29-26)14-19(15-24(25)30)17-9-11-20(27)12-10-17/h2-13,19,26,28-29H,14-15H2,1H3. The molecule has 5 rings (SSSR count). The number of para-hydroxylation sites is 2. The molecule has 0 aromatic heterocycles. The number of ketones is 1. The fourth-order valence-corrected chi connectivity index (χ4v) is 4.69. The Morgan fingerprint density at radius 3 is 2.40 bits per heavy atom. The third-order valence-corrected chi connectivity index (χ3v) is 6.28. The zero-order chi connectivity index (χ0) is 20.7. The van der Waals surface area contributed by atoms with E-state index in [4.69, 9.17) is 11.6 Å². The molecule has 3 nitrogen and oxygen atoms in total. The first-order valence-electron chi connectivity index (χ1n) is 10.3. The molecule has 3 aromatic carbocycles. The van der Waals surface area contributed by atoms with Gasteiger partial charge in [0.05, 0.1) is 17.4 Å². The summed E-state index contributed by atoms with van der Waals surface area (Å²) in [6.45, 7) is 2.08. The zero-order valence-electron chi connectivity index (χ0n) is 16.8. The Morgan fingerprint density at radius 1 is 0.867 bits per heavy atom. The lowest BCUT2D eigenvalue weighted by Crippen LogP contribution is -2.26. The predicted octanol–water partition coefficient (Wildman–Crippen LogP) is 6.63. The number of hydrogen-bond acceptors (Lipinski definition) is 3. The highest BCUT2D eigenvalue weighted by molar-refractivity contribution is 6.30. The van der Waals surface area contributed by atoms with Crippen LogP contribution in [0.25, 0.3) is 0 Å². The van der Waals surface area contributed by atoms with Gasteiger partial charge in [-0.05, 0) is 54.7 Å². The van der Waals surface area contributed by atoms with Gasteiger partial charge in [0.1, 0.15) is 0 Å². The number of carbonyl (C=O) groups excluding carboxylic acids is 1. The molecule has 0 amide bonds. The second kappa shape index (κ2) is 7.66. The van der Waals surface area contributed by atoms with E-state index >= 15 is 0 Å². The molecule has 2 N–H and O–H groups in total. The van der Waals surface area contributed by atoms with E-state index in [-0.39, 0.29) is 17.7 Å². The SMILES string of the molecule is Cc1cccc(C2Nc3ccccc3NC3=C2C(=O)CC(c2ccc(Cl)cc2)C3)c1. The topological polar surface area (TPSA) is 41.1 Å². The van der Waals surface area contributed by atoms with Crippen LogP contribution in [0.15, 0.2) is 84.1 Å². The minimum Gasteiger partial charge on any atom is -0.372 e. The maximum absolute atomic E-state index is 13.5. The minimum atomic E-state index is -0.172. The van der Waals surface area contributed by atoms with E-state index in [0.717, 1.165) is 40.2 Å². The van der Waals surface area contributed by atoms with Crippen molar-refractivity contribution in [3.63, 3.8) is 0 Å². The molecule has 4 heteroatoms. The van der Waals surface area contributed by atoms with E-state index in [9.17, 15) is 4.79 Å². The summed E-state index contributed by atoms with van der Waals surface area (Å²) < 4.78 is 0. The smallest absolute Gasteiger partial charge is 0.163 e. The number of halogens is 1. The number of nitrogens with one attached hydrogen (secondary N) is 2. The molecule has 1 heterocycles. The predicted molar refractivity (Wildman–Crippen MR) is 123 cm³/mol. The highest BCUT2D eigenvalue weighted by Gasteiger charge is 2.36. The maximum Gasteiger partial charge on any atom is 0.163 e.